The van der Waals surface area contributed by atoms with Gasteiger partial charge in [0.1, 0.15) is 12.1 Å². The number of carbonyl (C=O) groups is 1. The number of hydrogen-bond donors (Lipinski definition) is 0. The minimum atomic E-state index is 0.291. The first-order valence-electron chi connectivity index (χ1n) is 9.56. The number of aromatic nitrogens is 5. The Hall–Kier alpha value is -3.07. The molecule has 0 bridgehead atoms. The van der Waals surface area contributed by atoms with Gasteiger partial charge in [0.15, 0.2) is 0 Å². The summed E-state index contributed by atoms with van der Waals surface area (Å²) in [6.07, 6.45) is 2.80. The topological polar surface area (TPSA) is 89.3 Å². The Balaban J connectivity index is 1.59. The van der Waals surface area contributed by atoms with E-state index in [0.717, 1.165) is 24.1 Å². The molecule has 2 fully saturated rings. The van der Waals surface area contributed by atoms with Gasteiger partial charge < -0.3 is 14.5 Å². The molecule has 2 saturated heterocycles. The summed E-state index contributed by atoms with van der Waals surface area (Å²) in [5, 5.41) is 0. The Kier molecular flexibility index (Phi) is 4.36. The summed E-state index contributed by atoms with van der Waals surface area (Å²) < 4.78 is 7.35. The van der Waals surface area contributed by atoms with E-state index in [-0.39, 0.29) is 0 Å². The summed E-state index contributed by atoms with van der Waals surface area (Å²) in [5.41, 5.74) is 1.84. The number of rotatable bonds is 3. The zero-order valence-corrected chi connectivity index (χ0v) is 15.5. The highest BCUT2D eigenvalue weighted by atomic mass is 16.5. The van der Waals surface area contributed by atoms with Gasteiger partial charge in [-0.3, -0.25) is 9.36 Å². The van der Waals surface area contributed by atoms with Crippen LogP contribution in [0.5, 0.6) is 0 Å². The van der Waals surface area contributed by atoms with Gasteiger partial charge in [-0.1, -0.05) is 12.1 Å². The zero-order chi connectivity index (χ0) is 18.9. The third-order valence-electron chi connectivity index (χ3n) is 5.17. The van der Waals surface area contributed by atoms with Gasteiger partial charge in [-0.2, -0.15) is 15.0 Å². The maximum absolute atomic E-state index is 11.6. The van der Waals surface area contributed by atoms with Crippen LogP contribution >= 0.6 is 0 Å². The van der Waals surface area contributed by atoms with E-state index < -0.39 is 0 Å². The number of anilines is 2. The molecule has 3 aromatic rings. The Morgan fingerprint density at radius 1 is 0.821 bits per heavy atom. The fourth-order valence-corrected chi connectivity index (χ4v) is 3.57. The normalized spacial score (nSPS) is 18.1. The summed E-state index contributed by atoms with van der Waals surface area (Å²) in [6, 6.07) is 7.90. The van der Waals surface area contributed by atoms with Crippen molar-refractivity contribution in [1.29, 1.82) is 0 Å². The SMILES string of the molecule is O=C1CCN(c2nc(N3CCOCC3)nc(-n3cnc4ccccc43)n2)CC1. The Morgan fingerprint density at radius 3 is 2.21 bits per heavy atom. The third-order valence-corrected chi connectivity index (χ3v) is 5.17. The van der Waals surface area contributed by atoms with Crippen LogP contribution in [-0.4, -0.2) is 69.7 Å². The number of morpholine rings is 1. The molecule has 0 unspecified atom stereocenters. The van der Waals surface area contributed by atoms with Gasteiger partial charge in [-0.25, -0.2) is 4.98 Å². The van der Waals surface area contributed by atoms with Crippen molar-refractivity contribution in [3.63, 3.8) is 0 Å². The van der Waals surface area contributed by atoms with Crippen LogP contribution in [0.4, 0.5) is 11.9 Å². The number of hydrogen-bond acceptors (Lipinski definition) is 8. The number of benzene rings is 1. The summed E-state index contributed by atoms with van der Waals surface area (Å²) in [4.78, 5) is 34.5. The highest BCUT2D eigenvalue weighted by Gasteiger charge is 2.23. The van der Waals surface area contributed by atoms with Crippen LogP contribution < -0.4 is 9.80 Å². The van der Waals surface area contributed by atoms with Crippen LogP contribution in [-0.2, 0) is 9.53 Å². The van der Waals surface area contributed by atoms with Gasteiger partial charge in [-0.15, -0.1) is 0 Å². The maximum atomic E-state index is 11.6. The van der Waals surface area contributed by atoms with Crippen molar-refractivity contribution in [2.24, 2.45) is 0 Å². The number of fused-ring (bicyclic) bond motifs is 1. The number of nitrogens with zero attached hydrogens (tertiary/aromatic N) is 7. The first kappa shape index (κ1) is 17.1. The molecule has 0 spiro atoms. The van der Waals surface area contributed by atoms with Crippen molar-refractivity contribution in [2.45, 2.75) is 12.8 Å². The first-order valence-corrected chi connectivity index (χ1v) is 9.56. The fraction of sp³-hybridized carbons (Fsp3) is 0.421. The zero-order valence-electron chi connectivity index (χ0n) is 15.5. The molecule has 0 aliphatic carbocycles. The molecule has 1 aromatic carbocycles. The number of piperidine rings is 1. The smallest absolute Gasteiger partial charge is 0.242 e. The number of ether oxygens (including phenoxy) is 1. The molecule has 0 N–H and O–H groups in total. The van der Waals surface area contributed by atoms with Gasteiger partial charge in [0.25, 0.3) is 0 Å². The van der Waals surface area contributed by atoms with E-state index in [4.69, 9.17) is 19.7 Å². The van der Waals surface area contributed by atoms with Crippen LogP contribution in [0.15, 0.2) is 30.6 Å². The van der Waals surface area contributed by atoms with Crippen molar-refractivity contribution < 1.29 is 9.53 Å². The summed E-state index contributed by atoms with van der Waals surface area (Å²) in [6.45, 7) is 4.06. The molecule has 9 heteroatoms. The van der Waals surface area contributed by atoms with Crippen molar-refractivity contribution in [1.82, 2.24) is 24.5 Å². The Bertz CT molecular complexity index is 1000. The number of carbonyl (C=O) groups excluding carboxylic acids is 1. The molecule has 2 aromatic heterocycles. The predicted molar refractivity (Wildman–Crippen MR) is 104 cm³/mol. The minimum absolute atomic E-state index is 0.291. The highest BCUT2D eigenvalue weighted by Crippen LogP contribution is 2.22. The number of para-hydroxylation sites is 2. The molecule has 28 heavy (non-hydrogen) atoms. The van der Waals surface area contributed by atoms with Crippen LogP contribution in [0.25, 0.3) is 17.0 Å². The quantitative estimate of drug-likeness (QED) is 0.671. The lowest BCUT2D eigenvalue weighted by Crippen LogP contribution is -2.39. The molecule has 9 nitrogen and oxygen atoms in total. The molecule has 2 aliphatic rings. The van der Waals surface area contributed by atoms with Crippen molar-refractivity contribution in [3.05, 3.63) is 30.6 Å². The summed E-state index contributed by atoms with van der Waals surface area (Å²) >= 11 is 0. The van der Waals surface area contributed by atoms with Crippen molar-refractivity contribution in [3.8, 4) is 5.95 Å². The molecular formula is C19H21N7O2. The molecule has 0 radical (unpaired) electrons. The van der Waals surface area contributed by atoms with E-state index in [1.54, 1.807) is 6.33 Å². The van der Waals surface area contributed by atoms with Gasteiger partial charge in [0, 0.05) is 39.0 Å². The van der Waals surface area contributed by atoms with Gasteiger partial charge in [0.05, 0.1) is 24.2 Å². The van der Waals surface area contributed by atoms with Crippen LogP contribution in [0.2, 0.25) is 0 Å². The Morgan fingerprint density at radius 2 is 1.46 bits per heavy atom. The fourth-order valence-electron chi connectivity index (χ4n) is 3.57. The lowest BCUT2D eigenvalue weighted by Gasteiger charge is -2.30. The number of Topliss-reactive ketones (excluding diaryl/α,β-unsaturated/α-hetero) is 1. The average Bonchev–Trinajstić information content (AvgIpc) is 3.19. The number of imidazole rings is 1. The molecule has 0 saturated carbocycles. The van der Waals surface area contributed by atoms with Crippen molar-refractivity contribution >= 4 is 28.7 Å². The summed E-state index contributed by atoms with van der Waals surface area (Å²) in [7, 11) is 0. The second-order valence-corrected chi connectivity index (χ2v) is 6.96. The predicted octanol–water partition coefficient (Wildman–Crippen LogP) is 1.22. The maximum Gasteiger partial charge on any atom is 0.242 e. The highest BCUT2D eigenvalue weighted by molar-refractivity contribution is 5.80. The van der Waals surface area contributed by atoms with E-state index in [1.165, 1.54) is 0 Å². The molecule has 144 valence electrons. The van der Waals surface area contributed by atoms with E-state index in [9.17, 15) is 4.79 Å². The molecule has 4 heterocycles. The first-order chi connectivity index (χ1) is 13.8. The van der Waals surface area contributed by atoms with E-state index in [0.29, 0.717) is 62.8 Å². The van der Waals surface area contributed by atoms with Crippen LogP contribution in [0.3, 0.4) is 0 Å². The van der Waals surface area contributed by atoms with Gasteiger partial charge in [0.2, 0.25) is 17.8 Å². The standard InChI is InChI=1S/C19H21N7O2/c27-14-5-7-24(8-6-14)17-21-18(25-9-11-28-12-10-25)23-19(22-17)26-13-20-15-3-1-2-4-16(15)26/h1-4,13H,5-12H2. The molecular weight excluding hydrogens is 358 g/mol. The number of ketones is 1. The largest absolute Gasteiger partial charge is 0.378 e. The van der Waals surface area contributed by atoms with Crippen molar-refractivity contribution in [2.75, 3.05) is 49.2 Å². The monoisotopic (exact) mass is 379 g/mol. The van der Waals surface area contributed by atoms with E-state index in [1.807, 2.05) is 28.8 Å². The van der Waals surface area contributed by atoms with Crippen LogP contribution in [0, 0.1) is 0 Å². The second kappa shape index (κ2) is 7.16. The van der Waals surface area contributed by atoms with E-state index >= 15 is 0 Å². The molecule has 0 atom stereocenters. The van der Waals surface area contributed by atoms with Gasteiger partial charge >= 0.3 is 0 Å². The lowest BCUT2D eigenvalue weighted by molar-refractivity contribution is -0.119. The summed E-state index contributed by atoms with van der Waals surface area (Å²) in [5.74, 6) is 2.08. The molecule has 5 rings (SSSR count). The molecule has 0 amide bonds. The minimum Gasteiger partial charge on any atom is -0.378 e. The van der Waals surface area contributed by atoms with Gasteiger partial charge in [-0.05, 0) is 12.1 Å². The average molecular weight is 379 g/mol. The third kappa shape index (κ3) is 3.18. The lowest BCUT2D eigenvalue weighted by atomic mass is 10.1. The Labute approximate surface area is 162 Å². The second-order valence-electron chi connectivity index (χ2n) is 6.96. The van der Waals surface area contributed by atoms with Crippen LogP contribution in [0.1, 0.15) is 12.8 Å². The molecule has 2 aliphatic heterocycles. The van der Waals surface area contributed by atoms with E-state index in [2.05, 4.69) is 14.8 Å².